The zero-order chi connectivity index (χ0) is 26.1. The first-order valence-corrected chi connectivity index (χ1v) is 36.1. The van der Waals surface area contributed by atoms with E-state index in [4.69, 9.17) is 0 Å². The predicted molar refractivity (Wildman–Crippen MR) is 176 cm³/mol. The van der Waals surface area contributed by atoms with Crippen molar-refractivity contribution in [2.45, 2.75) is 108 Å². The van der Waals surface area contributed by atoms with Crippen LogP contribution in [0.4, 0.5) is 0 Å². The van der Waals surface area contributed by atoms with Crippen LogP contribution in [-0.2, 0) is 12.8 Å². The van der Waals surface area contributed by atoms with Gasteiger partial charge < -0.3 is 0 Å². The molecular formula is C32H48S2Sn2. The molecule has 0 fully saturated rings. The molecule has 2 heterocycles. The molecule has 0 aliphatic carbocycles. The van der Waals surface area contributed by atoms with Gasteiger partial charge in [-0.2, -0.15) is 0 Å². The third-order valence-electron chi connectivity index (χ3n) is 7.65. The molecule has 0 aliphatic rings. The van der Waals surface area contributed by atoms with Gasteiger partial charge in [0.05, 0.1) is 0 Å². The Morgan fingerprint density at radius 3 is 1.22 bits per heavy atom. The van der Waals surface area contributed by atoms with Gasteiger partial charge in [0.2, 0.25) is 0 Å². The van der Waals surface area contributed by atoms with Gasteiger partial charge in [-0.05, 0) is 0 Å². The van der Waals surface area contributed by atoms with Crippen LogP contribution in [0.15, 0.2) is 24.3 Å². The number of fused-ring (bicyclic) bond motifs is 5. The van der Waals surface area contributed by atoms with Gasteiger partial charge in [0.15, 0.2) is 0 Å². The third kappa shape index (κ3) is 6.50. The van der Waals surface area contributed by atoms with Crippen molar-refractivity contribution < 1.29 is 0 Å². The van der Waals surface area contributed by atoms with Crippen molar-refractivity contribution in [1.82, 2.24) is 0 Å². The number of hydrogen-bond acceptors (Lipinski definition) is 2. The summed E-state index contributed by atoms with van der Waals surface area (Å²) >= 11 is 0.0195. The molecule has 4 aromatic rings. The van der Waals surface area contributed by atoms with Gasteiger partial charge >= 0.3 is 239 Å². The van der Waals surface area contributed by atoms with Gasteiger partial charge in [0, 0.05) is 0 Å². The molecule has 0 saturated heterocycles. The SMILES string of the molecule is CCCCCCc1cc2c(cc(CCCCCC)c3c[c]([Sn]([CH3])([CH3])[CH3])sc32)c2s[c]([Sn]([CH3])([CH3])[CH3])cc12. The molecule has 4 rings (SSSR count). The molecule has 2 aromatic heterocycles. The Bertz CT molecular complexity index is 1220. The summed E-state index contributed by atoms with van der Waals surface area (Å²) in [4.78, 5) is 15.5. The summed E-state index contributed by atoms with van der Waals surface area (Å²) in [6, 6.07) is 10.6. The zero-order valence-electron chi connectivity index (χ0n) is 24.2. The number of benzene rings is 2. The van der Waals surface area contributed by atoms with Crippen LogP contribution in [-0.4, -0.2) is 36.8 Å². The topological polar surface area (TPSA) is 0 Å². The molecule has 0 saturated carbocycles. The maximum absolute atomic E-state index is 2.64. The molecular weight excluding hydrogens is 686 g/mol. The molecule has 0 nitrogen and oxygen atoms in total. The first kappa shape index (κ1) is 29.2. The summed E-state index contributed by atoms with van der Waals surface area (Å²) < 4.78 is 6.68. The fraction of sp³-hybridized carbons (Fsp3) is 0.562. The standard InChI is InChI=1S/C26H30S2.6CH3.2Sn/c1-3-5-7-9-11-19-17-23-24(25-21(19)13-15-27-25)18-20(12-10-8-6-4-2)22-14-16-28-26(22)23;;;;;;;;/h13-14,17-18H,3-12H2,1-2H3;6*1H3;;. The number of rotatable bonds is 12. The molecule has 0 aliphatic heterocycles. The number of aryl methyl sites for hydroxylation is 2. The summed E-state index contributed by atoms with van der Waals surface area (Å²) in [6.07, 6.45) is 13.2. The Morgan fingerprint density at radius 2 is 0.889 bits per heavy atom. The van der Waals surface area contributed by atoms with Gasteiger partial charge in [-0.25, -0.2) is 0 Å². The van der Waals surface area contributed by atoms with Crippen LogP contribution >= 0.6 is 22.7 Å². The molecule has 2 aromatic carbocycles. The van der Waals surface area contributed by atoms with Crippen LogP contribution in [0.2, 0.25) is 29.6 Å². The maximum atomic E-state index is 2.64. The van der Waals surface area contributed by atoms with Gasteiger partial charge in [-0.1, -0.05) is 0 Å². The van der Waals surface area contributed by atoms with E-state index in [1.54, 1.807) is 47.9 Å². The van der Waals surface area contributed by atoms with Crippen LogP contribution in [0.1, 0.15) is 76.3 Å². The van der Waals surface area contributed by atoms with Gasteiger partial charge in [0.1, 0.15) is 0 Å². The van der Waals surface area contributed by atoms with E-state index in [0.717, 1.165) is 0 Å². The van der Waals surface area contributed by atoms with Crippen LogP contribution in [0.5, 0.6) is 0 Å². The molecule has 4 heteroatoms. The Kier molecular flexibility index (Phi) is 9.87. The molecule has 0 N–H and O–H groups in total. The Hall–Kier alpha value is 0.217. The van der Waals surface area contributed by atoms with E-state index in [2.05, 4.69) is 90.4 Å². The van der Waals surface area contributed by atoms with Crippen LogP contribution in [0.25, 0.3) is 30.9 Å². The molecule has 0 amide bonds. The number of thiophene rings is 2. The Labute approximate surface area is 237 Å². The van der Waals surface area contributed by atoms with E-state index >= 15 is 0 Å². The van der Waals surface area contributed by atoms with E-state index in [0.29, 0.717) is 0 Å². The summed E-state index contributed by atoms with van der Waals surface area (Å²) in [7, 11) is 0. The minimum absolute atomic E-state index is 1.24. The number of unbranched alkanes of at least 4 members (excludes halogenated alkanes) is 6. The zero-order valence-corrected chi connectivity index (χ0v) is 31.5. The van der Waals surface area contributed by atoms with Crippen LogP contribution in [0, 0.1) is 0 Å². The van der Waals surface area contributed by atoms with Gasteiger partial charge in [-0.3, -0.25) is 0 Å². The van der Waals surface area contributed by atoms with E-state index < -0.39 is 36.8 Å². The van der Waals surface area contributed by atoms with Crippen molar-refractivity contribution >= 4 is 96.2 Å². The fourth-order valence-electron chi connectivity index (χ4n) is 5.33. The molecule has 0 radical (unpaired) electrons. The monoisotopic (exact) mass is 736 g/mol. The molecule has 0 bridgehead atoms. The first-order valence-electron chi connectivity index (χ1n) is 14.5. The summed E-state index contributed by atoms with van der Waals surface area (Å²) in [6.45, 7) is 4.64. The molecule has 0 unspecified atom stereocenters. The average molecular weight is 734 g/mol. The van der Waals surface area contributed by atoms with Crippen molar-refractivity contribution in [1.29, 1.82) is 0 Å². The quantitative estimate of drug-likeness (QED) is 0.100. The van der Waals surface area contributed by atoms with Crippen molar-refractivity contribution in [3.8, 4) is 0 Å². The van der Waals surface area contributed by atoms with Crippen molar-refractivity contribution in [2.24, 2.45) is 0 Å². The van der Waals surface area contributed by atoms with Crippen molar-refractivity contribution in [3.05, 3.63) is 35.4 Å². The predicted octanol–water partition coefficient (Wildman–Crippen LogP) is 10.6. The first-order chi connectivity index (χ1) is 17.0. The van der Waals surface area contributed by atoms with E-state index in [9.17, 15) is 0 Å². The molecule has 196 valence electrons. The Morgan fingerprint density at radius 1 is 0.500 bits per heavy atom. The normalized spacial score (nSPS) is 13.0. The van der Waals surface area contributed by atoms with Gasteiger partial charge in [-0.15, -0.1) is 0 Å². The summed E-state index contributed by atoms with van der Waals surface area (Å²) in [5, 5.41) is 6.30. The second-order valence-electron chi connectivity index (χ2n) is 13.0. The van der Waals surface area contributed by atoms with Gasteiger partial charge in [0.25, 0.3) is 0 Å². The van der Waals surface area contributed by atoms with E-state index in [1.807, 2.05) is 0 Å². The van der Waals surface area contributed by atoms with Crippen LogP contribution < -0.4 is 5.79 Å². The minimum atomic E-state index is -2.15. The Balaban J connectivity index is 1.96. The summed E-state index contributed by atoms with van der Waals surface area (Å²) in [5.41, 5.74) is 3.25. The average Bonchev–Trinajstić information content (AvgIpc) is 3.45. The molecule has 0 atom stereocenters. The van der Waals surface area contributed by atoms with E-state index in [1.165, 1.54) is 64.2 Å². The second kappa shape index (κ2) is 12.2. The fourth-order valence-corrected chi connectivity index (χ4v) is 18.2. The van der Waals surface area contributed by atoms with Crippen LogP contribution in [0.3, 0.4) is 0 Å². The second-order valence-corrected chi connectivity index (χ2v) is 45.9. The summed E-state index contributed by atoms with van der Waals surface area (Å²) in [5.74, 6) is 0. The van der Waals surface area contributed by atoms with Crippen molar-refractivity contribution in [2.75, 3.05) is 0 Å². The third-order valence-corrected chi connectivity index (χ3v) is 28.8. The molecule has 36 heavy (non-hydrogen) atoms. The van der Waals surface area contributed by atoms with E-state index in [-0.39, 0.29) is 0 Å². The van der Waals surface area contributed by atoms with Crippen molar-refractivity contribution in [3.63, 3.8) is 0 Å². The molecule has 0 spiro atoms. The number of hydrogen-bond donors (Lipinski definition) is 0.